The smallest absolute Gasteiger partial charge is 0.422 e. The van der Waals surface area contributed by atoms with Crippen LogP contribution in [0.5, 0.6) is 5.88 Å². The van der Waals surface area contributed by atoms with Gasteiger partial charge in [0.15, 0.2) is 12.6 Å². The number of aromatic nitrogens is 1. The zero-order valence-electron chi connectivity index (χ0n) is 15.9. The van der Waals surface area contributed by atoms with E-state index in [1.54, 1.807) is 25.2 Å². The van der Waals surface area contributed by atoms with Crippen molar-refractivity contribution in [3.63, 3.8) is 0 Å². The third-order valence-electron chi connectivity index (χ3n) is 4.75. The van der Waals surface area contributed by atoms with Gasteiger partial charge in [-0.25, -0.2) is 9.37 Å². The van der Waals surface area contributed by atoms with Gasteiger partial charge in [0.2, 0.25) is 5.88 Å². The molecule has 0 aliphatic heterocycles. The number of nitrogens with one attached hydrogen (secondary N) is 2. The van der Waals surface area contributed by atoms with Gasteiger partial charge in [0.05, 0.1) is 0 Å². The predicted octanol–water partition coefficient (Wildman–Crippen LogP) is 3.56. The highest BCUT2D eigenvalue weighted by Crippen LogP contribution is 2.47. The van der Waals surface area contributed by atoms with E-state index in [1.807, 2.05) is 6.07 Å². The van der Waals surface area contributed by atoms with Gasteiger partial charge < -0.3 is 15.4 Å². The predicted molar refractivity (Wildman–Crippen MR) is 101 cm³/mol. The van der Waals surface area contributed by atoms with Gasteiger partial charge in [-0.3, -0.25) is 4.99 Å². The molecule has 0 spiro atoms. The van der Waals surface area contributed by atoms with Crippen molar-refractivity contribution in [2.24, 2.45) is 4.99 Å². The van der Waals surface area contributed by atoms with E-state index >= 15 is 0 Å². The molecule has 3 rings (SSSR count). The lowest BCUT2D eigenvalue weighted by Gasteiger charge is -2.19. The van der Waals surface area contributed by atoms with E-state index in [0.29, 0.717) is 24.6 Å². The molecule has 0 amide bonds. The zero-order chi connectivity index (χ0) is 20.9. The van der Waals surface area contributed by atoms with E-state index < -0.39 is 12.8 Å². The molecule has 156 valence electrons. The molecule has 1 aliphatic rings. The van der Waals surface area contributed by atoms with Gasteiger partial charge in [0.1, 0.15) is 5.82 Å². The van der Waals surface area contributed by atoms with Crippen LogP contribution in [0.15, 0.2) is 47.6 Å². The molecule has 1 aliphatic carbocycles. The SMILES string of the molecule is CN=C(NCc1ccnc(OCC(F)(F)F)c1)NCC1(c2cccc(F)c2)CC1. The van der Waals surface area contributed by atoms with Crippen molar-refractivity contribution in [1.29, 1.82) is 0 Å². The second-order valence-corrected chi connectivity index (χ2v) is 6.98. The maximum atomic E-state index is 13.5. The van der Waals surface area contributed by atoms with Crippen molar-refractivity contribution in [1.82, 2.24) is 15.6 Å². The van der Waals surface area contributed by atoms with Crippen LogP contribution in [0.4, 0.5) is 17.6 Å². The molecule has 1 aromatic carbocycles. The molecule has 0 radical (unpaired) electrons. The third kappa shape index (κ3) is 6.07. The van der Waals surface area contributed by atoms with E-state index in [2.05, 4.69) is 25.3 Å². The van der Waals surface area contributed by atoms with Gasteiger partial charge >= 0.3 is 6.18 Å². The molecule has 1 aromatic heterocycles. The first-order chi connectivity index (χ1) is 13.8. The molecule has 0 bridgehead atoms. The number of guanidine groups is 1. The molecule has 1 heterocycles. The highest BCUT2D eigenvalue weighted by molar-refractivity contribution is 5.79. The number of benzene rings is 1. The molecule has 5 nitrogen and oxygen atoms in total. The summed E-state index contributed by atoms with van der Waals surface area (Å²) in [6.45, 7) is -0.452. The molecule has 9 heteroatoms. The molecule has 2 aromatic rings. The molecule has 29 heavy (non-hydrogen) atoms. The molecule has 0 unspecified atom stereocenters. The fourth-order valence-electron chi connectivity index (χ4n) is 2.99. The summed E-state index contributed by atoms with van der Waals surface area (Å²) in [6.07, 6.45) is -1.10. The lowest BCUT2D eigenvalue weighted by Crippen LogP contribution is -2.40. The van der Waals surface area contributed by atoms with Crippen molar-refractivity contribution >= 4 is 5.96 Å². The summed E-state index contributed by atoms with van der Waals surface area (Å²) in [5, 5.41) is 6.35. The summed E-state index contributed by atoms with van der Waals surface area (Å²) in [6, 6.07) is 9.74. The van der Waals surface area contributed by atoms with Crippen LogP contribution >= 0.6 is 0 Å². The van der Waals surface area contributed by atoms with E-state index in [0.717, 1.165) is 18.4 Å². The first-order valence-corrected chi connectivity index (χ1v) is 9.15. The van der Waals surface area contributed by atoms with E-state index in [4.69, 9.17) is 0 Å². The van der Waals surface area contributed by atoms with Crippen molar-refractivity contribution in [3.05, 3.63) is 59.5 Å². The number of hydrogen-bond acceptors (Lipinski definition) is 3. The first-order valence-electron chi connectivity index (χ1n) is 9.15. The average molecular weight is 410 g/mol. The minimum absolute atomic E-state index is 0.0902. The molecular formula is C20H22F4N4O. The van der Waals surface area contributed by atoms with Gasteiger partial charge in [0.25, 0.3) is 0 Å². The van der Waals surface area contributed by atoms with Crippen LogP contribution in [0.1, 0.15) is 24.0 Å². The number of rotatable bonds is 7. The Labute approximate surface area is 166 Å². The molecule has 0 saturated heterocycles. The highest BCUT2D eigenvalue weighted by Gasteiger charge is 2.44. The second kappa shape index (κ2) is 8.67. The van der Waals surface area contributed by atoms with Gasteiger partial charge in [0, 0.05) is 37.8 Å². The normalized spacial score (nSPS) is 15.7. The van der Waals surface area contributed by atoms with Gasteiger partial charge in [-0.15, -0.1) is 0 Å². The van der Waals surface area contributed by atoms with Crippen molar-refractivity contribution in [2.75, 3.05) is 20.2 Å². The van der Waals surface area contributed by atoms with Crippen molar-refractivity contribution in [3.8, 4) is 5.88 Å². The average Bonchev–Trinajstić information content (AvgIpc) is 3.48. The fourth-order valence-corrected chi connectivity index (χ4v) is 2.99. The molecule has 2 N–H and O–H groups in total. The third-order valence-corrected chi connectivity index (χ3v) is 4.75. The summed E-state index contributed by atoms with van der Waals surface area (Å²) in [5.41, 5.74) is 1.56. The second-order valence-electron chi connectivity index (χ2n) is 6.98. The molecular weight excluding hydrogens is 388 g/mol. The zero-order valence-corrected chi connectivity index (χ0v) is 15.9. The lowest BCUT2D eigenvalue weighted by atomic mass is 9.96. The fraction of sp³-hybridized carbons (Fsp3) is 0.400. The number of nitrogens with zero attached hydrogens (tertiary/aromatic N) is 2. The maximum Gasteiger partial charge on any atom is 0.422 e. The van der Waals surface area contributed by atoms with Gasteiger partial charge in [-0.1, -0.05) is 12.1 Å². The van der Waals surface area contributed by atoms with E-state index in [1.165, 1.54) is 18.3 Å². The van der Waals surface area contributed by atoms with E-state index in [-0.39, 0.29) is 17.1 Å². The Morgan fingerprint density at radius 1 is 1.21 bits per heavy atom. The van der Waals surface area contributed by atoms with Crippen LogP contribution in [0, 0.1) is 5.82 Å². The van der Waals surface area contributed by atoms with Gasteiger partial charge in [-0.2, -0.15) is 13.2 Å². The molecule has 1 fully saturated rings. The number of aliphatic imine (C=N–C) groups is 1. The van der Waals surface area contributed by atoms with Crippen LogP contribution in [0.25, 0.3) is 0 Å². The van der Waals surface area contributed by atoms with Crippen LogP contribution in [0.3, 0.4) is 0 Å². The monoisotopic (exact) mass is 410 g/mol. The van der Waals surface area contributed by atoms with Crippen LogP contribution in [0.2, 0.25) is 0 Å². The quantitative estimate of drug-likeness (QED) is 0.416. The largest absolute Gasteiger partial charge is 0.468 e. The van der Waals surface area contributed by atoms with Crippen molar-refractivity contribution in [2.45, 2.75) is 31.0 Å². The van der Waals surface area contributed by atoms with E-state index in [9.17, 15) is 17.6 Å². The number of ether oxygens (including phenoxy) is 1. The highest BCUT2D eigenvalue weighted by atomic mass is 19.4. The van der Waals surface area contributed by atoms with Crippen molar-refractivity contribution < 1.29 is 22.3 Å². The summed E-state index contributed by atoms with van der Waals surface area (Å²) >= 11 is 0. The minimum atomic E-state index is -4.41. The van der Waals surface area contributed by atoms with Crippen LogP contribution < -0.4 is 15.4 Å². The summed E-state index contributed by atoms with van der Waals surface area (Å²) < 4.78 is 55.0. The Morgan fingerprint density at radius 3 is 2.66 bits per heavy atom. The van der Waals surface area contributed by atoms with Crippen LogP contribution in [-0.4, -0.2) is 37.3 Å². The summed E-state index contributed by atoms with van der Waals surface area (Å²) in [4.78, 5) is 7.94. The topological polar surface area (TPSA) is 58.5 Å². The Kier molecular flexibility index (Phi) is 6.24. The summed E-state index contributed by atoms with van der Waals surface area (Å²) in [7, 11) is 1.63. The number of alkyl halides is 3. The Hall–Kier alpha value is -2.84. The Morgan fingerprint density at radius 2 is 2.00 bits per heavy atom. The Bertz CT molecular complexity index is 866. The summed E-state index contributed by atoms with van der Waals surface area (Å²) in [5.74, 6) is 0.201. The maximum absolute atomic E-state index is 13.5. The first kappa shape index (κ1) is 20.9. The minimum Gasteiger partial charge on any atom is -0.468 e. The molecule has 0 atom stereocenters. The molecule has 1 saturated carbocycles. The number of halogens is 4. The lowest BCUT2D eigenvalue weighted by molar-refractivity contribution is -0.154. The van der Waals surface area contributed by atoms with Crippen LogP contribution in [-0.2, 0) is 12.0 Å². The number of hydrogen-bond donors (Lipinski definition) is 2. The Balaban J connectivity index is 1.52. The standard InChI is InChI=1S/C20H22F4N4O/c1-25-18(28-12-19(6-7-19)15-3-2-4-16(21)10-15)27-11-14-5-8-26-17(9-14)29-13-20(22,23)24/h2-5,8-10H,6-7,11-13H2,1H3,(H2,25,27,28). The van der Waals surface area contributed by atoms with Gasteiger partial charge in [-0.05, 0) is 42.2 Å². The number of pyridine rings is 1.